The first kappa shape index (κ1) is 18.9. The molecule has 0 bridgehead atoms. The molecule has 1 atom stereocenters. The number of hydrogen-bond acceptors (Lipinski definition) is 4. The number of likely N-dealkylation sites (N-methyl/N-ethyl adjacent to an activating group) is 1. The lowest BCUT2D eigenvalue weighted by Crippen LogP contribution is -2.61. The maximum absolute atomic E-state index is 6.79. The van der Waals surface area contributed by atoms with Gasteiger partial charge >= 0.3 is 0 Å². The van der Waals surface area contributed by atoms with Crippen molar-refractivity contribution < 1.29 is 4.74 Å². The monoisotopic (exact) mass is 377 g/mol. The standard InChI is InChI=1S/C24H31N3O/c1-6-14-27(15-7-2)18-12-13-20-22(16-18)28-24(17-25-20)23(3,4)19-10-8-9-11-21(19)26(24)5/h8-13,16-17H,6-7,14-15H2,1-5H3. The molecule has 1 spiro atoms. The SMILES string of the molecule is CCCN(CCC)c1ccc2c(c1)OC1(C=N2)N(C)c2ccccc2C1(C)C. The van der Waals surface area contributed by atoms with Gasteiger partial charge < -0.3 is 14.5 Å². The molecular weight excluding hydrogens is 346 g/mol. The van der Waals surface area contributed by atoms with Crippen molar-refractivity contribution in [3.05, 3.63) is 48.0 Å². The lowest BCUT2D eigenvalue weighted by atomic mass is 9.77. The third-order valence-electron chi connectivity index (χ3n) is 6.27. The fourth-order valence-electron chi connectivity index (χ4n) is 4.68. The summed E-state index contributed by atoms with van der Waals surface area (Å²) in [7, 11) is 2.11. The first-order valence-electron chi connectivity index (χ1n) is 10.4. The molecule has 2 aliphatic heterocycles. The van der Waals surface area contributed by atoms with E-state index in [2.05, 4.69) is 87.0 Å². The van der Waals surface area contributed by atoms with Crippen molar-refractivity contribution in [3.8, 4) is 5.75 Å². The number of aliphatic imine (C=N–C) groups is 1. The summed E-state index contributed by atoms with van der Waals surface area (Å²) in [5.41, 5.74) is 3.78. The summed E-state index contributed by atoms with van der Waals surface area (Å²) >= 11 is 0. The Labute approximate surface area is 168 Å². The summed E-state index contributed by atoms with van der Waals surface area (Å²) in [4.78, 5) is 9.51. The van der Waals surface area contributed by atoms with Gasteiger partial charge in [0.05, 0.1) is 11.6 Å². The highest BCUT2D eigenvalue weighted by atomic mass is 16.5. The largest absolute Gasteiger partial charge is 0.459 e. The Morgan fingerprint density at radius 3 is 2.43 bits per heavy atom. The Kier molecular flexibility index (Phi) is 4.60. The molecule has 0 saturated carbocycles. The molecule has 0 amide bonds. The molecule has 28 heavy (non-hydrogen) atoms. The van der Waals surface area contributed by atoms with Crippen molar-refractivity contribution in [1.82, 2.24) is 0 Å². The van der Waals surface area contributed by atoms with Crippen LogP contribution in [0.2, 0.25) is 0 Å². The van der Waals surface area contributed by atoms with E-state index in [0.717, 1.165) is 37.4 Å². The first-order valence-corrected chi connectivity index (χ1v) is 10.4. The summed E-state index contributed by atoms with van der Waals surface area (Å²) in [6, 6.07) is 15.0. The molecule has 2 heterocycles. The summed E-state index contributed by atoms with van der Waals surface area (Å²) in [5.74, 6) is 0.866. The molecule has 0 N–H and O–H groups in total. The number of rotatable bonds is 5. The topological polar surface area (TPSA) is 28.1 Å². The van der Waals surface area contributed by atoms with Gasteiger partial charge in [0.15, 0.2) is 5.75 Å². The Hall–Kier alpha value is -2.49. The van der Waals surface area contributed by atoms with E-state index in [1.807, 2.05) is 6.21 Å². The highest BCUT2D eigenvalue weighted by Crippen LogP contribution is 2.53. The van der Waals surface area contributed by atoms with Crippen LogP contribution in [0, 0.1) is 0 Å². The van der Waals surface area contributed by atoms with Crippen LogP contribution in [0.3, 0.4) is 0 Å². The fourth-order valence-corrected chi connectivity index (χ4v) is 4.68. The van der Waals surface area contributed by atoms with Crippen molar-refractivity contribution in [1.29, 1.82) is 0 Å². The van der Waals surface area contributed by atoms with Gasteiger partial charge in [0.2, 0.25) is 5.72 Å². The van der Waals surface area contributed by atoms with E-state index < -0.39 is 5.72 Å². The molecule has 0 saturated heterocycles. The smallest absolute Gasteiger partial charge is 0.228 e. The number of para-hydroxylation sites is 1. The van der Waals surface area contributed by atoms with Crippen LogP contribution in [0.4, 0.5) is 17.1 Å². The zero-order valence-corrected chi connectivity index (χ0v) is 17.7. The van der Waals surface area contributed by atoms with Crippen molar-refractivity contribution >= 4 is 23.3 Å². The van der Waals surface area contributed by atoms with Crippen LogP contribution in [-0.4, -0.2) is 32.1 Å². The molecule has 4 rings (SSSR count). The van der Waals surface area contributed by atoms with Crippen LogP contribution in [0.15, 0.2) is 47.5 Å². The Bertz CT molecular complexity index is 898. The number of fused-ring (bicyclic) bond motifs is 2. The van der Waals surface area contributed by atoms with Gasteiger partial charge in [-0.05, 0) is 50.5 Å². The van der Waals surface area contributed by atoms with Crippen LogP contribution in [0.1, 0.15) is 46.1 Å². The molecular formula is C24H31N3O. The van der Waals surface area contributed by atoms with Gasteiger partial charge in [0.1, 0.15) is 5.69 Å². The van der Waals surface area contributed by atoms with Gasteiger partial charge in [-0.2, -0.15) is 0 Å². The first-order chi connectivity index (χ1) is 13.4. The molecule has 0 radical (unpaired) electrons. The molecule has 0 aromatic heterocycles. The minimum Gasteiger partial charge on any atom is -0.459 e. The number of ether oxygens (including phenoxy) is 1. The average molecular weight is 378 g/mol. The maximum atomic E-state index is 6.79. The third-order valence-corrected chi connectivity index (χ3v) is 6.27. The van der Waals surface area contributed by atoms with Crippen molar-refractivity contribution in [2.24, 2.45) is 4.99 Å². The van der Waals surface area contributed by atoms with Crippen LogP contribution in [0.25, 0.3) is 0 Å². The zero-order valence-electron chi connectivity index (χ0n) is 17.7. The Morgan fingerprint density at radius 2 is 1.75 bits per heavy atom. The van der Waals surface area contributed by atoms with Crippen LogP contribution in [-0.2, 0) is 5.41 Å². The van der Waals surface area contributed by atoms with E-state index >= 15 is 0 Å². The Morgan fingerprint density at radius 1 is 1.04 bits per heavy atom. The van der Waals surface area contributed by atoms with E-state index in [1.54, 1.807) is 0 Å². The van der Waals surface area contributed by atoms with Gasteiger partial charge in [-0.15, -0.1) is 0 Å². The van der Waals surface area contributed by atoms with E-state index in [-0.39, 0.29) is 5.41 Å². The average Bonchev–Trinajstić information content (AvgIpc) is 2.86. The van der Waals surface area contributed by atoms with Crippen molar-refractivity contribution in [3.63, 3.8) is 0 Å². The minimum atomic E-state index is -0.622. The van der Waals surface area contributed by atoms with Crippen LogP contribution < -0.4 is 14.5 Å². The highest BCUT2D eigenvalue weighted by molar-refractivity contribution is 5.88. The second kappa shape index (κ2) is 6.84. The molecule has 2 aromatic rings. The number of nitrogens with zero attached hydrogens (tertiary/aromatic N) is 3. The summed E-state index contributed by atoms with van der Waals surface area (Å²) in [6.45, 7) is 11.1. The molecule has 2 aromatic carbocycles. The van der Waals surface area contributed by atoms with Crippen molar-refractivity contribution in [2.45, 2.75) is 51.7 Å². The normalized spacial score (nSPS) is 21.4. The minimum absolute atomic E-state index is 0.220. The highest BCUT2D eigenvalue weighted by Gasteiger charge is 2.58. The summed E-state index contributed by atoms with van der Waals surface area (Å²) < 4.78 is 6.79. The van der Waals surface area contributed by atoms with Gasteiger partial charge in [-0.25, -0.2) is 0 Å². The number of hydrogen-bond donors (Lipinski definition) is 0. The van der Waals surface area contributed by atoms with E-state index in [4.69, 9.17) is 9.73 Å². The second-order valence-corrected chi connectivity index (χ2v) is 8.40. The van der Waals surface area contributed by atoms with E-state index in [1.165, 1.54) is 16.9 Å². The number of anilines is 2. The molecule has 0 fully saturated rings. The van der Waals surface area contributed by atoms with Crippen LogP contribution in [0.5, 0.6) is 5.75 Å². The van der Waals surface area contributed by atoms with Crippen molar-refractivity contribution in [2.75, 3.05) is 29.9 Å². The second-order valence-electron chi connectivity index (χ2n) is 8.40. The summed E-state index contributed by atoms with van der Waals surface area (Å²) in [5, 5.41) is 0. The maximum Gasteiger partial charge on any atom is 0.228 e. The molecule has 4 nitrogen and oxygen atoms in total. The molecule has 148 valence electrons. The van der Waals surface area contributed by atoms with Gasteiger partial charge in [0.25, 0.3) is 0 Å². The number of benzene rings is 2. The third kappa shape index (κ3) is 2.61. The molecule has 2 aliphatic rings. The van der Waals surface area contributed by atoms with E-state index in [0.29, 0.717) is 0 Å². The van der Waals surface area contributed by atoms with Gasteiger partial charge in [-0.3, -0.25) is 4.99 Å². The lowest BCUT2D eigenvalue weighted by Gasteiger charge is -2.45. The van der Waals surface area contributed by atoms with Crippen LogP contribution >= 0.6 is 0 Å². The molecule has 1 unspecified atom stereocenters. The fraction of sp³-hybridized carbons (Fsp3) is 0.458. The lowest BCUT2D eigenvalue weighted by molar-refractivity contribution is 0.0825. The summed E-state index contributed by atoms with van der Waals surface area (Å²) in [6.07, 6.45) is 4.25. The van der Waals surface area contributed by atoms with Gasteiger partial charge in [-0.1, -0.05) is 32.0 Å². The predicted octanol–water partition coefficient (Wildman–Crippen LogP) is 5.53. The predicted molar refractivity (Wildman–Crippen MR) is 119 cm³/mol. The Balaban J connectivity index is 1.75. The molecule has 4 heteroatoms. The molecule has 0 aliphatic carbocycles. The van der Waals surface area contributed by atoms with E-state index in [9.17, 15) is 0 Å². The zero-order chi connectivity index (χ0) is 19.9. The quantitative estimate of drug-likeness (QED) is 0.685. The van der Waals surface area contributed by atoms with Gasteiger partial charge in [0, 0.05) is 37.6 Å².